The van der Waals surface area contributed by atoms with Crippen LogP contribution in [0.4, 0.5) is 5.69 Å². The van der Waals surface area contributed by atoms with E-state index < -0.39 is 21.6 Å². The molecule has 2 heterocycles. The molecular formula is C20H19N3O4S2. The van der Waals surface area contributed by atoms with Gasteiger partial charge in [0.15, 0.2) is 5.78 Å². The summed E-state index contributed by atoms with van der Waals surface area (Å²) in [5, 5.41) is 8.18. The minimum atomic E-state index is -4.13. The van der Waals surface area contributed by atoms with Crippen molar-refractivity contribution in [3.8, 4) is 0 Å². The van der Waals surface area contributed by atoms with Crippen LogP contribution < -0.4 is 10.5 Å². The number of aromatic nitrogens is 1. The largest absolute Gasteiger partial charge is 0.351 e. The molecule has 3 N–H and O–H groups in total. The number of nitrogens with one attached hydrogen (secondary N) is 1. The van der Waals surface area contributed by atoms with Gasteiger partial charge in [-0.05, 0) is 48.0 Å². The third-order valence-electron chi connectivity index (χ3n) is 5.07. The van der Waals surface area contributed by atoms with Crippen molar-refractivity contribution in [2.45, 2.75) is 23.7 Å². The fourth-order valence-electron chi connectivity index (χ4n) is 3.65. The van der Waals surface area contributed by atoms with Gasteiger partial charge in [0.05, 0.1) is 28.0 Å². The third kappa shape index (κ3) is 3.98. The number of ketones is 2. The first-order valence-electron chi connectivity index (χ1n) is 9.11. The summed E-state index contributed by atoms with van der Waals surface area (Å²) in [5.74, 6) is 1.61. The zero-order valence-corrected chi connectivity index (χ0v) is 17.1. The van der Waals surface area contributed by atoms with E-state index in [0.717, 1.165) is 36.0 Å². The van der Waals surface area contributed by atoms with Gasteiger partial charge in [-0.3, -0.25) is 14.6 Å². The lowest BCUT2D eigenvalue weighted by molar-refractivity contribution is 0.0983. The molecule has 1 saturated heterocycles. The Bertz CT molecular complexity index is 1140. The normalized spacial score (nSPS) is 17.6. The molecule has 9 heteroatoms. The Hall–Kier alpha value is -2.49. The second kappa shape index (κ2) is 7.74. The SMILES string of the molecule is NS(=O)(=O)c1cccc2c1C(=O)C=C(Nc1cncc(C3CCSCC3)c1)C2=O. The molecule has 0 saturated carbocycles. The third-order valence-corrected chi connectivity index (χ3v) is 7.08. The number of carbonyl (C=O) groups is 2. The summed E-state index contributed by atoms with van der Waals surface area (Å²) in [5.41, 5.74) is 1.62. The highest BCUT2D eigenvalue weighted by atomic mass is 32.2. The van der Waals surface area contributed by atoms with Crippen LogP contribution >= 0.6 is 11.8 Å². The van der Waals surface area contributed by atoms with Gasteiger partial charge >= 0.3 is 0 Å². The Labute approximate surface area is 172 Å². The van der Waals surface area contributed by atoms with Crippen molar-refractivity contribution in [1.29, 1.82) is 0 Å². The standard InChI is InChI=1S/C20H19N3O4S2/c21-29(26,27)18-3-1-2-15-19(18)17(24)9-16(20(15)25)23-14-8-13(10-22-11-14)12-4-6-28-7-5-12/h1-3,8-12,23H,4-7H2,(H2,21,26,27). The highest BCUT2D eigenvalue weighted by Gasteiger charge is 2.31. The van der Waals surface area contributed by atoms with Gasteiger partial charge in [0.25, 0.3) is 0 Å². The van der Waals surface area contributed by atoms with Crippen LogP contribution in [0.5, 0.6) is 0 Å². The van der Waals surface area contributed by atoms with E-state index in [1.165, 1.54) is 18.2 Å². The first-order valence-corrected chi connectivity index (χ1v) is 11.8. The Balaban J connectivity index is 1.64. The number of Topliss-reactive ketones (excluding diaryl/α,β-unsaturated/α-hetero) is 1. The van der Waals surface area contributed by atoms with Gasteiger partial charge in [-0.15, -0.1) is 0 Å². The average molecular weight is 430 g/mol. The Morgan fingerprint density at radius 2 is 1.90 bits per heavy atom. The summed E-state index contributed by atoms with van der Waals surface area (Å²) < 4.78 is 23.6. The quantitative estimate of drug-likeness (QED) is 0.767. The smallest absolute Gasteiger partial charge is 0.238 e. The van der Waals surface area contributed by atoms with Crippen LogP contribution in [0.1, 0.15) is 45.0 Å². The van der Waals surface area contributed by atoms with E-state index in [-0.39, 0.29) is 21.7 Å². The first-order chi connectivity index (χ1) is 13.8. The number of rotatable bonds is 4. The van der Waals surface area contributed by atoms with Crippen LogP contribution in [-0.2, 0) is 10.0 Å². The van der Waals surface area contributed by atoms with Crippen molar-refractivity contribution in [2.75, 3.05) is 16.8 Å². The van der Waals surface area contributed by atoms with E-state index in [1.54, 1.807) is 6.20 Å². The molecule has 0 amide bonds. The number of sulfonamides is 1. The lowest BCUT2D eigenvalue weighted by Gasteiger charge is -2.22. The Morgan fingerprint density at radius 1 is 1.14 bits per heavy atom. The molecule has 0 bridgehead atoms. The molecule has 0 radical (unpaired) electrons. The van der Waals surface area contributed by atoms with Crippen LogP contribution in [0.15, 0.2) is 53.3 Å². The minimum absolute atomic E-state index is 0.0138. The number of primary sulfonamides is 1. The predicted molar refractivity (Wildman–Crippen MR) is 112 cm³/mol. The number of carbonyl (C=O) groups excluding carboxylic acids is 2. The number of anilines is 1. The molecular weight excluding hydrogens is 410 g/mol. The highest BCUT2D eigenvalue weighted by molar-refractivity contribution is 7.99. The zero-order valence-electron chi connectivity index (χ0n) is 15.4. The fraction of sp³-hybridized carbons (Fsp3) is 0.250. The molecule has 0 atom stereocenters. The maximum Gasteiger partial charge on any atom is 0.238 e. The highest BCUT2D eigenvalue weighted by Crippen LogP contribution is 2.33. The van der Waals surface area contributed by atoms with Crippen LogP contribution in [0.3, 0.4) is 0 Å². The van der Waals surface area contributed by atoms with Gasteiger partial charge in [-0.25, -0.2) is 13.6 Å². The van der Waals surface area contributed by atoms with Gasteiger partial charge in [0.1, 0.15) is 0 Å². The lowest BCUT2D eigenvalue weighted by Crippen LogP contribution is -2.25. The molecule has 29 heavy (non-hydrogen) atoms. The van der Waals surface area contributed by atoms with Crippen molar-refractivity contribution in [3.05, 3.63) is 65.1 Å². The molecule has 2 aliphatic rings. The molecule has 1 aromatic heterocycles. The molecule has 2 aromatic rings. The summed E-state index contributed by atoms with van der Waals surface area (Å²) >= 11 is 1.94. The van der Waals surface area contributed by atoms with E-state index in [1.807, 2.05) is 24.0 Å². The molecule has 4 rings (SSSR count). The second-order valence-electron chi connectivity index (χ2n) is 6.99. The van der Waals surface area contributed by atoms with Crippen molar-refractivity contribution in [3.63, 3.8) is 0 Å². The Morgan fingerprint density at radius 3 is 2.62 bits per heavy atom. The number of hydrogen-bond acceptors (Lipinski definition) is 7. The average Bonchev–Trinajstić information content (AvgIpc) is 2.71. The first kappa shape index (κ1) is 19.8. The maximum absolute atomic E-state index is 12.9. The van der Waals surface area contributed by atoms with E-state index in [4.69, 9.17) is 5.14 Å². The molecule has 1 aliphatic heterocycles. The summed E-state index contributed by atoms with van der Waals surface area (Å²) in [4.78, 5) is 29.4. The van der Waals surface area contributed by atoms with Gasteiger partial charge in [-0.2, -0.15) is 11.8 Å². The van der Waals surface area contributed by atoms with Crippen molar-refractivity contribution in [1.82, 2.24) is 4.98 Å². The van der Waals surface area contributed by atoms with Crippen LogP contribution in [0.2, 0.25) is 0 Å². The van der Waals surface area contributed by atoms with E-state index >= 15 is 0 Å². The van der Waals surface area contributed by atoms with Gasteiger partial charge in [0, 0.05) is 17.8 Å². The van der Waals surface area contributed by atoms with Crippen molar-refractivity contribution >= 4 is 39.0 Å². The number of nitrogens with zero attached hydrogens (tertiary/aromatic N) is 1. The molecule has 7 nitrogen and oxygen atoms in total. The van der Waals surface area contributed by atoms with E-state index in [9.17, 15) is 18.0 Å². The lowest BCUT2D eigenvalue weighted by atomic mass is 9.92. The monoisotopic (exact) mass is 429 g/mol. The number of benzene rings is 1. The Kier molecular flexibility index (Phi) is 5.28. The summed E-state index contributed by atoms with van der Waals surface area (Å²) in [6, 6.07) is 5.99. The predicted octanol–water partition coefficient (Wildman–Crippen LogP) is 2.71. The summed E-state index contributed by atoms with van der Waals surface area (Å²) in [6.07, 6.45) is 6.71. The molecule has 0 spiro atoms. The number of thioether (sulfide) groups is 1. The summed E-state index contributed by atoms with van der Waals surface area (Å²) in [6.45, 7) is 0. The minimum Gasteiger partial charge on any atom is -0.351 e. The molecule has 1 aromatic carbocycles. The van der Waals surface area contributed by atoms with Gasteiger partial charge < -0.3 is 5.32 Å². The number of pyridine rings is 1. The second-order valence-corrected chi connectivity index (χ2v) is 9.75. The molecule has 150 valence electrons. The van der Waals surface area contributed by atoms with Crippen LogP contribution in [0.25, 0.3) is 0 Å². The maximum atomic E-state index is 12.9. The van der Waals surface area contributed by atoms with Crippen molar-refractivity contribution in [2.24, 2.45) is 5.14 Å². The molecule has 1 fully saturated rings. The summed E-state index contributed by atoms with van der Waals surface area (Å²) in [7, 11) is -4.13. The van der Waals surface area contributed by atoms with Crippen LogP contribution in [-0.4, -0.2) is 36.5 Å². The number of hydrogen-bond donors (Lipinski definition) is 2. The fourth-order valence-corrected chi connectivity index (χ4v) is 5.52. The van der Waals surface area contributed by atoms with E-state index in [2.05, 4.69) is 10.3 Å². The number of allylic oxidation sites excluding steroid dienone is 2. The number of nitrogens with two attached hydrogens (primary N) is 1. The molecule has 0 unspecified atom stereocenters. The van der Waals surface area contributed by atoms with Gasteiger partial charge in [0.2, 0.25) is 15.8 Å². The number of fused-ring (bicyclic) bond motifs is 1. The van der Waals surface area contributed by atoms with E-state index in [0.29, 0.717) is 11.6 Å². The van der Waals surface area contributed by atoms with Crippen LogP contribution in [0, 0.1) is 0 Å². The topological polar surface area (TPSA) is 119 Å². The van der Waals surface area contributed by atoms with Crippen molar-refractivity contribution < 1.29 is 18.0 Å². The molecule has 1 aliphatic carbocycles. The zero-order chi connectivity index (χ0) is 20.6. The van der Waals surface area contributed by atoms with Gasteiger partial charge in [-0.1, -0.05) is 12.1 Å².